The Hall–Kier alpha value is -3.07. The van der Waals surface area contributed by atoms with Gasteiger partial charge in [0.2, 0.25) is 0 Å². The van der Waals surface area contributed by atoms with Crippen LogP contribution < -0.4 is 0 Å². The normalized spacial score (nSPS) is 11.8. The molecule has 0 spiro atoms. The van der Waals surface area contributed by atoms with Crippen LogP contribution in [0.4, 0.5) is 0 Å². The van der Waals surface area contributed by atoms with Crippen molar-refractivity contribution in [1.82, 2.24) is 9.97 Å². The van der Waals surface area contributed by atoms with Gasteiger partial charge in [0.1, 0.15) is 5.82 Å². The van der Waals surface area contributed by atoms with Crippen molar-refractivity contribution < 1.29 is 4.79 Å². The number of aromatic nitrogens is 2. The van der Waals surface area contributed by atoms with E-state index in [2.05, 4.69) is 80.0 Å². The Kier molecular flexibility index (Phi) is 9.56. The fourth-order valence-electron chi connectivity index (χ4n) is 4.24. The molecular weight excluding hydrogens is 404 g/mol. The van der Waals surface area contributed by atoms with Crippen molar-refractivity contribution in [3.63, 3.8) is 0 Å². The summed E-state index contributed by atoms with van der Waals surface area (Å²) in [5, 5.41) is 0. The molecule has 1 unspecified atom stereocenters. The monoisotopic (exact) mass is 440 g/mol. The molecule has 3 heteroatoms. The van der Waals surface area contributed by atoms with Gasteiger partial charge in [0, 0.05) is 24.7 Å². The molecule has 3 nitrogen and oxygen atoms in total. The molecule has 1 heterocycles. The van der Waals surface area contributed by atoms with Gasteiger partial charge >= 0.3 is 0 Å². The average molecular weight is 441 g/mol. The van der Waals surface area contributed by atoms with Crippen LogP contribution in [0.15, 0.2) is 73.4 Å². The molecule has 0 fully saturated rings. The highest BCUT2D eigenvalue weighted by Crippen LogP contribution is 2.23. The van der Waals surface area contributed by atoms with Crippen LogP contribution in [0, 0.1) is 6.92 Å². The third-order valence-corrected chi connectivity index (χ3v) is 6.21. The summed E-state index contributed by atoms with van der Waals surface area (Å²) < 4.78 is 0. The second kappa shape index (κ2) is 12.8. The topological polar surface area (TPSA) is 42.9 Å². The summed E-state index contributed by atoms with van der Waals surface area (Å²) in [5.74, 6) is 1.46. The molecule has 0 saturated heterocycles. The van der Waals surface area contributed by atoms with E-state index in [1.54, 1.807) is 0 Å². The number of ketones is 1. The van der Waals surface area contributed by atoms with Crippen molar-refractivity contribution in [3.8, 4) is 0 Å². The molecule has 2 aromatic carbocycles. The summed E-state index contributed by atoms with van der Waals surface area (Å²) in [4.78, 5) is 21.0. The average Bonchev–Trinajstić information content (AvgIpc) is 2.84. The third kappa shape index (κ3) is 8.09. The van der Waals surface area contributed by atoms with Gasteiger partial charge in [-0.2, -0.15) is 0 Å². The maximum Gasteiger partial charge on any atom is 0.155 e. The first-order valence-electron chi connectivity index (χ1n) is 12.1. The zero-order valence-electron chi connectivity index (χ0n) is 20.1. The number of nitrogens with zero attached hydrogens (tertiary/aromatic N) is 2. The molecule has 1 aromatic heterocycles. The molecule has 0 aliphatic rings. The number of carbonyl (C=O) groups is 1. The number of hydrogen-bond donors (Lipinski definition) is 0. The second-order valence-electron chi connectivity index (χ2n) is 8.98. The Labute approximate surface area is 199 Å². The van der Waals surface area contributed by atoms with E-state index in [0.717, 1.165) is 50.8 Å². The van der Waals surface area contributed by atoms with Crippen LogP contribution in [-0.2, 0) is 30.5 Å². The molecule has 0 bridgehead atoms. The highest BCUT2D eigenvalue weighted by Gasteiger charge is 2.13. The summed E-state index contributed by atoms with van der Waals surface area (Å²) in [5.41, 5.74) is 6.38. The maximum absolute atomic E-state index is 11.4. The molecular formula is C30H36N2O. The molecule has 0 N–H and O–H groups in total. The van der Waals surface area contributed by atoms with E-state index in [1.807, 2.05) is 6.20 Å². The number of carbonyl (C=O) groups excluding carboxylic acids is 1. The lowest BCUT2D eigenvalue weighted by atomic mass is 9.94. The van der Waals surface area contributed by atoms with Gasteiger partial charge in [-0.25, -0.2) is 9.97 Å². The molecule has 0 radical (unpaired) electrons. The molecule has 33 heavy (non-hydrogen) atoms. The van der Waals surface area contributed by atoms with E-state index in [4.69, 9.17) is 4.98 Å². The summed E-state index contributed by atoms with van der Waals surface area (Å²) in [7, 11) is 0. The van der Waals surface area contributed by atoms with Gasteiger partial charge in [0.15, 0.2) is 5.78 Å². The van der Waals surface area contributed by atoms with Crippen molar-refractivity contribution >= 4 is 5.78 Å². The van der Waals surface area contributed by atoms with Crippen LogP contribution >= 0.6 is 0 Å². The Balaban J connectivity index is 1.52. The van der Waals surface area contributed by atoms with Crippen molar-refractivity contribution in [2.24, 2.45) is 0 Å². The molecule has 1 atom stereocenters. The Morgan fingerprint density at radius 1 is 0.939 bits per heavy atom. The van der Waals surface area contributed by atoms with Crippen LogP contribution in [0.25, 0.3) is 0 Å². The number of rotatable bonds is 13. The predicted molar refractivity (Wildman–Crippen MR) is 137 cm³/mol. The second-order valence-corrected chi connectivity index (χ2v) is 8.98. The van der Waals surface area contributed by atoms with Crippen LogP contribution in [0.3, 0.4) is 0 Å². The first kappa shape index (κ1) is 24.6. The summed E-state index contributed by atoms with van der Waals surface area (Å²) in [6.07, 6.45) is 10.9. The van der Waals surface area contributed by atoms with E-state index < -0.39 is 0 Å². The zero-order valence-corrected chi connectivity index (χ0v) is 20.1. The van der Waals surface area contributed by atoms with Crippen molar-refractivity contribution in [2.75, 3.05) is 0 Å². The number of allylic oxidation sites excluding steroid dienone is 1. The smallest absolute Gasteiger partial charge is 0.155 e. The first-order valence-corrected chi connectivity index (χ1v) is 12.1. The third-order valence-electron chi connectivity index (χ3n) is 6.21. The fourth-order valence-corrected chi connectivity index (χ4v) is 4.24. The summed E-state index contributed by atoms with van der Waals surface area (Å²) in [6, 6.07) is 19.4. The minimum atomic E-state index is 0.125. The minimum Gasteiger partial charge on any atom is -0.295 e. The quantitative estimate of drug-likeness (QED) is 0.275. The van der Waals surface area contributed by atoms with Gasteiger partial charge in [-0.15, -0.1) is 0 Å². The van der Waals surface area contributed by atoms with E-state index in [0.29, 0.717) is 12.3 Å². The minimum absolute atomic E-state index is 0.125. The lowest BCUT2D eigenvalue weighted by Crippen LogP contribution is -2.07. The van der Waals surface area contributed by atoms with E-state index >= 15 is 0 Å². The maximum atomic E-state index is 11.4. The van der Waals surface area contributed by atoms with Gasteiger partial charge in [-0.3, -0.25) is 4.79 Å². The van der Waals surface area contributed by atoms with Gasteiger partial charge in [-0.05, 0) is 79.7 Å². The fraction of sp³-hybridized carbons (Fsp3) is 0.367. The molecule has 0 aliphatic heterocycles. The molecule has 0 aliphatic carbocycles. The van der Waals surface area contributed by atoms with Gasteiger partial charge in [-0.1, -0.05) is 68.1 Å². The molecule has 0 amide bonds. The lowest BCUT2D eigenvalue weighted by Gasteiger charge is -2.15. The standard InChI is InChI=1S/C30H36N2O/c1-4-28(33)17-9-16-26-14-8-15-27(21-26)20-19-23(2)30-24(3)22-31-29(32-30)18-10-13-25-11-6-5-7-12-25/h4-8,11-12,14-15,21-23H,1,9-10,13,16-20H2,2-3H3. The number of hydrogen-bond acceptors (Lipinski definition) is 3. The van der Waals surface area contributed by atoms with Crippen LogP contribution in [-0.4, -0.2) is 15.8 Å². The Bertz CT molecular complexity index is 1040. The van der Waals surface area contributed by atoms with Crippen molar-refractivity contribution in [1.29, 1.82) is 0 Å². The number of aryl methyl sites for hydroxylation is 5. The van der Waals surface area contributed by atoms with Crippen LogP contribution in [0.5, 0.6) is 0 Å². The largest absolute Gasteiger partial charge is 0.295 e. The Morgan fingerprint density at radius 3 is 2.39 bits per heavy atom. The van der Waals surface area contributed by atoms with Crippen molar-refractivity contribution in [2.45, 2.75) is 71.1 Å². The van der Waals surface area contributed by atoms with Gasteiger partial charge in [0.25, 0.3) is 0 Å². The van der Waals surface area contributed by atoms with Crippen molar-refractivity contribution in [3.05, 3.63) is 107 Å². The SMILES string of the molecule is C=CC(=O)CCCc1cccc(CCC(C)c2nc(CCCc3ccccc3)ncc2C)c1. The highest BCUT2D eigenvalue weighted by atomic mass is 16.1. The van der Waals surface area contributed by atoms with E-state index in [9.17, 15) is 4.79 Å². The lowest BCUT2D eigenvalue weighted by molar-refractivity contribution is -0.114. The highest BCUT2D eigenvalue weighted by molar-refractivity contribution is 5.88. The zero-order chi connectivity index (χ0) is 23.5. The first-order chi connectivity index (χ1) is 16.0. The van der Waals surface area contributed by atoms with Crippen LogP contribution in [0.1, 0.15) is 72.3 Å². The van der Waals surface area contributed by atoms with Gasteiger partial charge < -0.3 is 0 Å². The molecule has 3 aromatic rings. The van der Waals surface area contributed by atoms with E-state index in [-0.39, 0.29) is 5.78 Å². The predicted octanol–water partition coefficient (Wildman–Crippen LogP) is 6.77. The van der Waals surface area contributed by atoms with Crippen LogP contribution in [0.2, 0.25) is 0 Å². The molecule has 0 saturated carbocycles. The molecule has 172 valence electrons. The van der Waals surface area contributed by atoms with Gasteiger partial charge in [0.05, 0.1) is 0 Å². The summed E-state index contributed by atoms with van der Waals surface area (Å²) >= 11 is 0. The van der Waals surface area contributed by atoms with E-state index in [1.165, 1.54) is 34.0 Å². The summed E-state index contributed by atoms with van der Waals surface area (Å²) in [6.45, 7) is 7.93. The number of benzene rings is 2. The Morgan fingerprint density at radius 2 is 1.64 bits per heavy atom. The molecule has 3 rings (SSSR count).